The van der Waals surface area contributed by atoms with Gasteiger partial charge in [-0.05, 0) is 48.7 Å². The summed E-state index contributed by atoms with van der Waals surface area (Å²) in [7, 11) is 0. The van der Waals surface area contributed by atoms with Crippen LogP contribution in [0.5, 0.6) is 0 Å². The van der Waals surface area contributed by atoms with E-state index in [1.807, 2.05) is 30.3 Å². The normalized spacial score (nSPS) is 11.8. The Hall–Kier alpha value is -3.78. The van der Waals surface area contributed by atoms with Crippen LogP contribution in [0.4, 0.5) is 0 Å². The first kappa shape index (κ1) is 27.3. The maximum absolute atomic E-state index is 13.5. The number of nitrogens with zero attached hydrogens (tertiary/aromatic N) is 2. The summed E-state index contributed by atoms with van der Waals surface area (Å²) in [5, 5.41) is 18.4. The van der Waals surface area contributed by atoms with Gasteiger partial charge in [-0.15, -0.1) is 0 Å². The molecule has 194 valence electrons. The van der Waals surface area contributed by atoms with Crippen molar-refractivity contribution in [3.63, 3.8) is 0 Å². The number of hydrogen-bond donors (Lipinski definition) is 2. The summed E-state index contributed by atoms with van der Waals surface area (Å²) in [5.74, 6) is -1.41. The van der Waals surface area contributed by atoms with E-state index in [-0.39, 0.29) is 25.1 Å². The lowest BCUT2D eigenvalue weighted by atomic mass is 9.94. The molecule has 0 spiro atoms. The molecule has 38 heavy (non-hydrogen) atoms. The Kier molecular flexibility index (Phi) is 8.73. The smallest absolute Gasteiger partial charge is 0.321 e. The molecule has 0 saturated carbocycles. The van der Waals surface area contributed by atoms with E-state index < -0.39 is 23.4 Å². The predicted octanol–water partition coefficient (Wildman–Crippen LogP) is 5.37. The fraction of sp³-hybridized carbons (Fsp3) is 0.172. The number of carboxylic acids is 1. The van der Waals surface area contributed by atoms with Crippen molar-refractivity contribution in [3.8, 4) is 22.4 Å². The second kappa shape index (κ2) is 12.2. The highest BCUT2D eigenvalue weighted by molar-refractivity contribution is 6.31. The first-order chi connectivity index (χ1) is 18.2. The van der Waals surface area contributed by atoms with Crippen molar-refractivity contribution in [1.29, 1.82) is 0 Å². The van der Waals surface area contributed by atoms with E-state index in [4.69, 9.17) is 23.2 Å². The van der Waals surface area contributed by atoms with E-state index in [9.17, 15) is 19.5 Å². The van der Waals surface area contributed by atoms with Gasteiger partial charge in [0, 0.05) is 27.7 Å². The third-order valence-corrected chi connectivity index (χ3v) is 6.56. The molecule has 3 aromatic carbocycles. The molecule has 7 nitrogen and oxygen atoms in total. The monoisotopic (exact) mass is 549 g/mol. The number of carbonyl (C=O) groups excluding carboxylic acids is 1. The summed E-state index contributed by atoms with van der Waals surface area (Å²) in [6, 6.07) is 22.2. The summed E-state index contributed by atoms with van der Waals surface area (Å²) < 4.78 is 1.20. The van der Waals surface area contributed by atoms with Crippen LogP contribution < -0.4 is 10.9 Å². The molecule has 2 N–H and O–H groups in total. The van der Waals surface area contributed by atoms with Gasteiger partial charge in [0.15, 0.2) is 5.78 Å². The molecule has 0 unspecified atom stereocenters. The summed E-state index contributed by atoms with van der Waals surface area (Å²) in [6.45, 7) is 1.54. The summed E-state index contributed by atoms with van der Waals surface area (Å²) >= 11 is 12.2. The molecule has 4 rings (SSSR count). The van der Waals surface area contributed by atoms with Crippen LogP contribution in [-0.4, -0.2) is 39.2 Å². The Morgan fingerprint density at radius 3 is 2.05 bits per heavy atom. The predicted molar refractivity (Wildman–Crippen MR) is 149 cm³/mol. The first-order valence-electron chi connectivity index (χ1n) is 11.9. The molecule has 0 amide bonds. The molecule has 9 heteroatoms. The van der Waals surface area contributed by atoms with Crippen molar-refractivity contribution in [3.05, 3.63) is 110 Å². The number of benzene rings is 3. The third kappa shape index (κ3) is 6.37. The summed E-state index contributed by atoms with van der Waals surface area (Å²) in [6.07, 6.45) is 0.280. The fourth-order valence-electron chi connectivity index (χ4n) is 4.20. The molecular weight excluding hydrogens is 525 g/mol. The van der Waals surface area contributed by atoms with E-state index in [2.05, 4.69) is 10.4 Å². The van der Waals surface area contributed by atoms with Gasteiger partial charge in [-0.25, -0.2) is 4.68 Å². The molecule has 0 saturated heterocycles. The lowest BCUT2D eigenvalue weighted by Gasteiger charge is -2.18. The molecule has 4 aromatic rings. The van der Waals surface area contributed by atoms with Gasteiger partial charge < -0.3 is 10.4 Å². The Morgan fingerprint density at radius 2 is 1.50 bits per heavy atom. The average Bonchev–Trinajstić information content (AvgIpc) is 2.90. The Bertz CT molecular complexity index is 1500. The number of carbonyl (C=O) groups is 2. The standard InChI is InChI=1S/C29H25Cl2N3O4/c1-18(35)25-26(20-7-11-22(30)12-8-20)27(21-9-13-23(31)14-10-21)33-34(28(25)36)16-15-32-24(29(37)38)17-19-5-3-2-4-6-19/h2-14,24,32H,15-17H2,1H3,(H,37,38)/t24-/m0/s1. The first-order valence-corrected chi connectivity index (χ1v) is 12.7. The van der Waals surface area contributed by atoms with Gasteiger partial charge >= 0.3 is 5.97 Å². The molecule has 1 atom stereocenters. The van der Waals surface area contributed by atoms with Crippen molar-refractivity contribution in [2.24, 2.45) is 0 Å². The largest absolute Gasteiger partial charge is 0.480 e. The highest BCUT2D eigenvalue weighted by Crippen LogP contribution is 2.33. The average molecular weight is 550 g/mol. The number of Topliss-reactive ketones (excluding diaryl/α,β-unsaturated/α-hetero) is 1. The number of hydrogen-bond acceptors (Lipinski definition) is 5. The zero-order valence-electron chi connectivity index (χ0n) is 20.5. The Labute approximate surface area is 229 Å². The highest BCUT2D eigenvalue weighted by Gasteiger charge is 2.24. The molecule has 0 aliphatic rings. The van der Waals surface area contributed by atoms with Crippen molar-refractivity contribution < 1.29 is 14.7 Å². The zero-order chi connectivity index (χ0) is 27.2. The zero-order valence-corrected chi connectivity index (χ0v) is 22.0. The molecule has 0 radical (unpaired) electrons. The minimum Gasteiger partial charge on any atom is -0.480 e. The minimum atomic E-state index is -1.00. The Balaban J connectivity index is 1.73. The van der Waals surface area contributed by atoms with Crippen LogP contribution in [0.3, 0.4) is 0 Å². The number of halogens is 2. The van der Waals surface area contributed by atoms with E-state index in [0.717, 1.165) is 5.56 Å². The lowest BCUT2D eigenvalue weighted by Crippen LogP contribution is -2.41. The van der Waals surface area contributed by atoms with Gasteiger partial charge in [0.2, 0.25) is 0 Å². The summed E-state index contributed by atoms with van der Waals surface area (Å²) in [4.78, 5) is 38.1. The van der Waals surface area contributed by atoms with Gasteiger partial charge in [0.1, 0.15) is 6.04 Å². The molecule has 0 bridgehead atoms. The van der Waals surface area contributed by atoms with Gasteiger partial charge in [-0.2, -0.15) is 5.10 Å². The topological polar surface area (TPSA) is 101 Å². The maximum Gasteiger partial charge on any atom is 0.321 e. The van der Waals surface area contributed by atoms with E-state index >= 15 is 0 Å². The van der Waals surface area contributed by atoms with Crippen molar-refractivity contribution in [2.45, 2.75) is 25.9 Å². The van der Waals surface area contributed by atoms with Crippen LogP contribution >= 0.6 is 23.2 Å². The van der Waals surface area contributed by atoms with Crippen LogP contribution in [0.25, 0.3) is 22.4 Å². The fourth-order valence-corrected chi connectivity index (χ4v) is 4.45. The van der Waals surface area contributed by atoms with Gasteiger partial charge in [0.25, 0.3) is 5.56 Å². The van der Waals surface area contributed by atoms with E-state index in [0.29, 0.717) is 32.4 Å². The number of nitrogens with one attached hydrogen (secondary N) is 1. The number of aromatic nitrogens is 2. The van der Waals surface area contributed by atoms with Crippen molar-refractivity contribution >= 4 is 35.0 Å². The molecular formula is C29H25Cl2N3O4. The van der Waals surface area contributed by atoms with E-state index in [1.54, 1.807) is 48.5 Å². The number of ketones is 1. The van der Waals surface area contributed by atoms with Crippen LogP contribution in [0.1, 0.15) is 22.8 Å². The molecule has 1 heterocycles. The summed E-state index contributed by atoms with van der Waals surface area (Å²) in [5.41, 5.74) is 2.41. The molecule has 0 aliphatic carbocycles. The van der Waals surface area contributed by atoms with E-state index in [1.165, 1.54) is 11.6 Å². The molecule has 0 aliphatic heterocycles. The van der Waals surface area contributed by atoms with Crippen LogP contribution in [0.15, 0.2) is 83.7 Å². The van der Waals surface area contributed by atoms with Crippen molar-refractivity contribution in [2.75, 3.05) is 6.54 Å². The quantitative estimate of drug-likeness (QED) is 0.258. The number of carboxylic acid groups (broad SMARTS) is 1. The van der Waals surface area contributed by atoms with Crippen LogP contribution in [0, 0.1) is 0 Å². The second-order valence-electron chi connectivity index (χ2n) is 8.73. The second-order valence-corrected chi connectivity index (χ2v) is 9.60. The third-order valence-electron chi connectivity index (χ3n) is 6.05. The molecule has 1 aromatic heterocycles. The highest BCUT2D eigenvalue weighted by atomic mass is 35.5. The minimum absolute atomic E-state index is 0.00802. The van der Waals surface area contributed by atoms with Gasteiger partial charge in [-0.3, -0.25) is 14.4 Å². The van der Waals surface area contributed by atoms with Crippen molar-refractivity contribution in [1.82, 2.24) is 15.1 Å². The number of aliphatic carboxylic acids is 1. The number of rotatable bonds is 10. The van der Waals surface area contributed by atoms with Gasteiger partial charge in [0.05, 0.1) is 17.8 Å². The Morgan fingerprint density at radius 1 is 0.921 bits per heavy atom. The maximum atomic E-state index is 13.5. The van der Waals surface area contributed by atoms with Gasteiger partial charge in [-0.1, -0.05) is 77.8 Å². The van der Waals surface area contributed by atoms with Crippen LogP contribution in [0.2, 0.25) is 10.0 Å². The molecule has 0 fully saturated rings. The van der Waals surface area contributed by atoms with Crippen LogP contribution in [-0.2, 0) is 17.8 Å². The SMILES string of the molecule is CC(=O)c1c(-c2ccc(Cl)cc2)c(-c2ccc(Cl)cc2)nn(CCN[C@@H](Cc2ccccc2)C(=O)O)c1=O. The lowest BCUT2D eigenvalue weighted by molar-refractivity contribution is -0.139.